The van der Waals surface area contributed by atoms with Gasteiger partial charge in [-0.3, -0.25) is 14.5 Å². The first-order valence-electron chi connectivity index (χ1n) is 8.13. The van der Waals surface area contributed by atoms with E-state index < -0.39 is 22.0 Å². The first kappa shape index (κ1) is 20.6. The van der Waals surface area contributed by atoms with Crippen LogP contribution in [0.4, 0.5) is 5.69 Å². The molecule has 2 atom stereocenters. The number of carbonyl (C=O) groups excluding carboxylic acids is 1. The van der Waals surface area contributed by atoms with Gasteiger partial charge in [-0.1, -0.05) is 0 Å². The van der Waals surface area contributed by atoms with E-state index in [1.54, 1.807) is 15.9 Å². The number of amides is 1. The van der Waals surface area contributed by atoms with Crippen LogP contribution in [0.2, 0.25) is 0 Å². The molecular formula is C16H22ClN3O5S. The van der Waals surface area contributed by atoms with Crippen LogP contribution < -0.4 is 10.0 Å². The van der Waals surface area contributed by atoms with Gasteiger partial charge in [0.25, 0.3) is 0 Å². The second kappa shape index (κ2) is 7.51. The number of hydrogen-bond donors (Lipinski definition) is 2. The molecule has 1 unspecified atom stereocenters. The molecular weight excluding hydrogens is 382 g/mol. The summed E-state index contributed by atoms with van der Waals surface area (Å²) < 4.78 is 23.0. The third-order valence-corrected chi connectivity index (χ3v) is 5.76. The first-order valence-corrected chi connectivity index (χ1v) is 9.68. The number of fused-ring (bicyclic) bond motifs is 1. The summed E-state index contributed by atoms with van der Waals surface area (Å²) >= 11 is 0. The van der Waals surface area contributed by atoms with Crippen LogP contribution in [0.5, 0.6) is 0 Å². The van der Waals surface area contributed by atoms with Crippen LogP contribution >= 0.6 is 12.4 Å². The number of aliphatic carboxylic acids is 1. The summed E-state index contributed by atoms with van der Waals surface area (Å²) in [6, 6.07) is 3.75. The highest BCUT2D eigenvalue weighted by molar-refractivity contribution is 7.89. The second-order valence-corrected chi connectivity index (χ2v) is 8.18. The van der Waals surface area contributed by atoms with E-state index in [1.807, 2.05) is 6.92 Å². The Kier molecular flexibility index (Phi) is 5.96. The van der Waals surface area contributed by atoms with E-state index in [0.29, 0.717) is 25.1 Å². The molecule has 0 aromatic heterocycles. The SMILES string of the molecule is CC1Cc2cc(S(N)(=O)=O)ccc2N1C(=O)CN1CCC[C@H]1C(=O)O.Cl. The molecule has 0 bridgehead atoms. The summed E-state index contributed by atoms with van der Waals surface area (Å²) in [5.74, 6) is -1.08. The van der Waals surface area contributed by atoms with Crippen molar-refractivity contribution in [3.8, 4) is 0 Å². The lowest BCUT2D eigenvalue weighted by molar-refractivity contribution is -0.142. The third-order valence-electron chi connectivity index (χ3n) is 4.85. The highest BCUT2D eigenvalue weighted by atomic mass is 35.5. The summed E-state index contributed by atoms with van der Waals surface area (Å²) in [4.78, 5) is 27.4. The number of halogens is 1. The largest absolute Gasteiger partial charge is 0.480 e. The number of carbonyl (C=O) groups is 2. The fourth-order valence-electron chi connectivity index (χ4n) is 3.71. The Morgan fingerprint density at radius 1 is 1.35 bits per heavy atom. The Labute approximate surface area is 158 Å². The number of nitrogens with two attached hydrogens (primary N) is 1. The van der Waals surface area contributed by atoms with E-state index in [9.17, 15) is 23.1 Å². The quantitative estimate of drug-likeness (QED) is 0.758. The fraction of sp³-hybridized carbons (Fsp3) is 0.500. The monoisotopic (exact) mass is 403 g/mol. The van der Waals surface area contributed by atoms with Crippen molar-refractivity contribution in [3.63, 3.8) is 0 Å². The van der Waals surface area contributed by atoms with E-state index in [4.69, 9.17) is 5.14 Å². The average Bonchev–Trinajstić information content (AvgIpc) is 3.08. The highest BCUT2D eigenvalue weighted by Gasteiger charge is 2.36. The molecule has 1 amide bonds. The molecule has 0 radical (unpaired) electrons. The minimum Gasteiger partial charge on any atom is -0.480 e. The van der Waals surface area contributed by atoms with Gasteiger partial charge in [0.2, 0.25) is 15.9 Å². The molecule has 0 saturated carbocycles. The van der Waals surface area contributed by atoms with Crippen molar-refractivity contribution < 1.29 is 23.1 Å². The van der Waals surface area contributed by atoms with E-state index in [-0.39, 0.29) is 35.8 Å². The van der Waals surface area contributed by atoms with Crippen molar-refractivity contribution in [1.29, 1.82) is 0 Å². The average molecular weight is 404 g/mol. The number of carboxylic acid groups (broad SMARTS) is 1. The molecule has 0 spiro atoms. The molecule has 144 valence electrons. The molecule has 2 aliphatic heterocycles. The number of sulfonamides is 1. The van der Waals surface area contributed by atoms with Gasteiger partial charge >= 0.3 is 5.97 Å². The summed E-state index contributed by atoms with van der Waals surface area (Å²) in [7, 11) is -3.79. The Bertz CT molecular complexity index is 829. The van der Waals surface area contributed by atoms with Crippen molar-refractivity contribution >= 4 is 40.0 Å². The topological polar surface area (TPSA) is 121 Å². The van der Waals surface area contributed by atoms with Gasteiger partial charge < -0.3 is 10.0 Å². The van der Waals surface area contributed by atoms with Crippen LogP contribution in [0.25, 0.3) is 0 Å². The van der Waals surface area contributed by atoms with Crippen LogP contribution in [0, 0.1) is 0 Å². The molecule has 3 rings (SSSR count). The zero-order valence-corrected chi connectivity index (χ0v) is 15.9. The molecule has 2 heterocycles. The molecule has 1 fully saturated rings. The second-order valence-electron chi connectivity index (χ2n) is 6.62. The van der Waals surface area contributed by atoms with Gasteiger partial charge in [0.15, 0.2) is 0 Å². The number of benzene rings is 1. The molecule has 10 heteroatoms. The van der Waals surface area contributed by atoms with E-state index in [0.717, 1.165) is 12.0 Å². The number of carboxylic acids is 1. The maximum Gasteiger partial charge on any atom is 0.320 e. The molecule has 8 nitrogen and oxygen atoms in total. The van der Waals surface area contributed by atoms with E-state index in [2.05, 4.69) is 0 Å². The Hall–Kier alpha value is -1.68. The van der Waals surface area contributed by atoms with Gasteiger partial charge in [-0.2, -0.15) is 0 Å². The molecule has 2 aliphatic rings. The fourth-order valence-corrected chi connectivity index (χ4v) is 4.27. The van der Waals surface area contributed by atoms with Crippen molar-refractivity contribution in [1.82, 2.24) is 4.90 Å². The van der Waals surface area contributed by atoms with Gasteiger partial charge in [0.1, 0.15) is 6.04 Å². The van der Waals surface area contributed by atoms with Gasteiger partial charge in [-0.15, -0.1) is 12.4 Å². The van der Waals surface area contributed by atoms with Gasteiger partial charge in [0.05, 0.1) is 11.4 Å². The molecule has 3 N–H and O–H groups in total. The van der Waals surface area contributed by atoms with E-state index in [1.165, 1.54) is 12.1 Å². The van der Waals surface area contributed by atoms with Crippen molar-refractivity contribution in [3.05, 3.63) is 23.8 Å². The molecule has 1 saturated heterocycles. The highest BCUT2D eigenvalue weighted by Crippen LogP contribution is 2.34. The predicted molar refractivity (Wildman–Crippen MR) is 97.9 cm³/mol. The predicted octanol–water partition coefficient (Wildman–Crippen LogP) is 0.582. The van der Waals surface area contributed by atoms with Gasteiger partial charge in [0, 0.05) is 11.7 Å². The van der Waals surface area contributed by atoms with Crippen LogP contribution in [-0.4, -0.2) is 55.5 Å². The molecule has 1 aromatic carbocycles. The number of nitrogens with zero attached hydrogens (tertiary/aromatic N) is 2. The lowest BCUT2D eigenvalue weighted by atomic mass is 10.1. The normalized spacial score (nSPS) is 22.8. The first-order chi connectivity index (χ1) is 11.7. The maximum absolute atomic E-state index is 12.8. The Morgan fingerprint density at radius 2 is 2.04 bits per heavy atom. The lowest BCUT2D eigenvalue weighted by Crippen LogP contribution is -2.46. The van der Waals surface area contributed by atoms with Crippen molar-refractivity contribution in [2.45, 2.75) is 43.2 Å². The number of rotatable bonds is 4. The van der Waals surface area contributed by atoms with Crippen LogP contribution in [0.3, 0.4) is 0 Å². The van der Waals surface area contributed by atoms with Gasteiger partial charge in [-0.25, -0.2) is 13.6 Å². The number of anilines is 1. The minimum atomic E-state index is -3.79. The molecule has 1 aromatic rings. The molecule has 26 heavy (non-hydrogen) atoms. The summed E-state index contributed by atoms with van der Waals surface area (Å²) in [5, 5.41) is 14.4. The summed E-state index contributed by atoms with van der Waals surface area (Å²) in [6.07, 6.45) is 1.84. The zero-order valence-electron chi connectivity index (χ0n) is 14.3. The third kappa shape index (κ3) is 3.85. The van der Waals surface area contributed by atoms with Crippen molar-refractivity contribution in [2.75, 3.05) is 18.0 Å². The maximum atomic E-state index is 12.8. The van der Waals surface area contributed by atoms with Crippen LogP contribution in [0.1, 0.15) is 25.3 Å². The summed E-state index contributed by atoms with van der Waals surface area (Å²) in [6.45, 7) is 2.51. The minimum absolute atomic E-state index is 0. The van der Waals surface area contributed by atoms with Crippen molar-refractivity contribution in [2.24, 2.45) is 5.14 Å². The van der Waals surface area contributed by atoms with Crippen LogP contribution in [-0.2, 0) is 26.0 Å². The number of primary sulfonamides is 1. The molecule has 0 aliphatic carbocycles. The smallest absolute Gasteiger partial charge is 0.320 e. The zero-order chi connectivity index (χ0) is 18.4. The van der Waals surface area contributed by atoms with E-state index >= 15 is 0 Å². The van der Waals surface area contributed by atoms with Gasteiger partial charge in [-0.05, 0) is 56.5 Å². The lowest BCUT2D eigenvalue weighted by Gasteiger charge is -2.27. The number of likely N-dealkylation sites (tertiary alicyclic amines) is 1. The standard InChI is InChI=1S/C16H21N3O5S.ClH/c1-10-7-11-8-12(25(17,23)24)4-5-13(11)19(10)15(20)9-18-6-2-3-14(18)16(21)22;/h4-5,8,10,14H,2-3,6-7,9H2,1H3,(H,21,22)(H2,17,23,24);1H/t10?,14-;/m0./s1. The van der Waals surface area contributed by atoms with Crippen LogP contribution in [0.15, 0.2) is 23.1 Å². The number of hydrogen-bond acceptors (Lipinski definition) is 5. The Morgan fingerprint density at radius 3 is 2.65 bits per heavy atom. The summed E-state index contributed by atoms with van der Waals surface area (Å²) in [5.41, 5.74) is 1.42. The Balaban J connectivity index is 0.00000243.